The van der Waals surface area contributed by atoms with Crippen LogP contribution in [-0.2, 0) is 20.0 Å². The van der Waals surface area contributed by atoms with Crippen LogP contribution in [0.4, 0.5) is 0 Å². The summed E-state index contributed by atoms with van der Waals surface area (Å²) in [6.45, 7) is 4.81. The number of thiazole rings is 1. The number of nitrogens with zero attached hydrogens (tertiary/aromatic N) is 5. The first-order chi connectivity index (χ1) is 13.0. The Hall–Kier alpha value is -3.00. The molecule has 1 N–H and O–H groups in total. The Morgan fingerprint density at radius 3 is 2.85 bits per heavy atom. The Labute approximate surface area is 159 Å². The highest BCUT2D eigenvalue weighted by atomic mass is 32.1. The zero-order valence-electron chi connectivity index (χ0n) is 15.3. The first-order valence-electron chi connectivity index (χ1n) is 8.63. The molecule has 0 aliphatic heterocycles. The fourth-order valence-electron chi connectivity index (χ4n) is 3.26. The van der Waals surface area contributed by atoms with E-state index in [-0.39, 0.29) is 5.56 Å². The normalized spacial score (nSPS) is 11.4. The van der Waals surface area contributed by atoms with E-state index < -0.39 is 5.97 Å². The minimum Gasteiger partial charge on any atom is -0.478 e. The number of aromatic carboxylic acids is 1. The summed E-state index contributed by atoms with van der Waals surface area (Å²) in [5.74, 6) is -0.943. The Morgan fingerprint density at radius 2 is 2.11 bits per heavy atom. The highest BCUT2D eigenvalue weighted by Gasteiger charge is 2.15. The van der Waals surface area contributed by atoms with Gasteiger partial charge >= 0.3 is 5.97 Å². The number of carboxylic acid groups (broad SMARTS) is 1. The van der Waals surface area contributed by atoms with Gasteiger partial charge in [0.25, 0.3) is 0 Å². The molecule has 0 amide bonds. The molecule has 0 fully saturated rings. The number of hydrogen-bond donors (Lipinski definition) is 1. The molecule has 0 radical (unpaired) electrons. The monoisotopic (exact) mass is 381 g/mol. The number of carboxylic acids is 1. The molecule has 1 aromatic carbocycles. The van der Waals surface area contributed by atoms with Gasteiger partial charge in [-0.15, -0.1) is 11.3 Å². The highest BCUT2D eigenvalue weighted by Crippen LogP contribution is 2.27. The molecule has 4 aromatic rings. The molecule has 8 heteroatoms. The maximum Gasteiger partial charge on any atom is 0.335 e. The van der Waals surface area contributed by atoms with Crippen molar-refractivity contribution in [1.29, 1.82) is 0 Å². The molecule has 0 aliphatic rings. The van der Waals surface area contributed by atoms with Crippen LogP contribution >= 0.6 is 11.3 Å². The van der Waals surface area contributed by atoms with E-state index in [0.29, 0.717) is 6.42 Å². The predicted octanol–water partition coefficient (Wildman–Crippen LogP) is 3.51. The van der Waals surface area contributed by atoms with E-state index in [0.717, 1.165) is 45.1 Å². The van der Waals surface area contributed by atoms with E-state index in [4.69, 9.17) is 4.98 Å². The molecule has 0 saturated heterocycles. The van der Waals surface area contributed by atoms with Crippen LogP contribution in [0.15, 0.2) is 29.8 Å². The maximum atomic E-state index is 11.5. The topological polar surface area (TPSA) is 85.8 Å². The number of hydrogen-bond acceptors (Lipinski definition) is 5. The number of rotatable bonds is 5. The van der Waals surface area contributed by atoms with Gasteiger partial charge in [0.2, 0.25) is 0 Å². The van der Waals surface area contributed by atoms with Gasteiger partial charge in [-0.05, 0) is 37.6 Å². The van der Waals surface area contributed by atoms with Crippen molar-refractivity contribution >= 4 is 28.2 Å². The Morgan fingerprint density at radius 1 is 1.30 bits per heavy atom. The summed E-state index contributed by atoms with van der Waals surface area (Å²) >= 11 is 1.57. The molecule has 0 bridgehead atoms. The van der Waals surface area contributed by atoms with Crippen LogP contribution < -0.4 is 0 Å². The van der Waals surface area contributed by atoms with Gasteiger partial charge < -0.3 is 5.11 Å². The van der Waals surface area contributed by atoms with Crippen molar-refractivity contribution in [2.45, 2.75) is 26.8 Å². The summed E-state index contributed by atoms with van der Waals surface area (Å²) in [7, 11) is 1.81. The largest absolute Gasteiger partial charge is 0.478 e. The van der Waals surface area contributed by atoms with Crippen LogP contribution in [0.25, 0.3) is 22.3 Å². The maximum absolute atomic E-state index is 11.5. The van der Waals surface area contributed by atoms with Gasteiger partial charge in [-0.25, -0.2) is 9.78 Å². The van der Waals surface area contributed by atoms with Crippen molar-refractivity contribution in [2.24, 2.45) is 7.05 Å². The van der Waals surface area contributed by atoms with Crippen molar-refractivity contribution < 1.29 is 9.90 Å². The number of benzene rings is 1. The van der Waals surface area contributed by atoms with Gasteiger partial charge in [-0.3, -0.25) is 9.36 Å². The smallest absolute Gasteiger partial charge is 0.335 e. The second kappa shape index (κ2) is 6.62. The number of carbonyl (C=O) groups is 1. The van der Waals surface area contributed by atoms with Crippen molar-refractivity contribution in [2.75, 3.05) is 0 Å². The van der Waals surface area contributed by atoms with E-state index in [2.05, 4.69) is 17.1 Å². The lowest BCUT2D eigenvalue weighted by Crippen LogP contribution is -2.01. The van der Waals surface area contributed by atoms with Gasteiger partial charge in [0.1, 0.15) is 0 Å². The molecule has 0 spiro atoms. The molecule has 3 aromatic heterocycles. The molecule has 0 unspecified atom stereocenters. The number of fused-ring (bicyclic) bond motifs is 1. The summed E-state index contributed by atoms with van der Waals surface area (Å²) in [6.07, 6.45) is 2.34. The molecular weight excluding hydrogens is 362 g/mol. The third-order valence-electron chi connectivity index (χ3n) is 4.56. The Balaban J connectivity index is 1.73. The van der Waals surface area contributed by atoms with Gasteiger partial charge in [0, 0.05) is 30.8 Å². The van der Waals surface area contributed by atoms with Crippen molar-refractivity contribution in [3.63, 3.8) is 0 Å². The SMILES string of the molecule is CCn1nc(C)cc1-c1csc(Cc2cc(C(=O)O)cc3c2cnn3C)n1. The molecule has 4 rings (SSSR count). The molecule has 3 heterocycles. The van der Waals surface area contributed by atoms with Crippen LogP contribution in [0.2, 0.25) is 0 Å². The molecule has 27 heavy (non-hydrogen) atoms. The van der Waals surface area contributed by atoms with Crippen LogP contribution in [0, 0.1) is 6.92 Å². The molecule has 0 atom stereocenters. The van der Waals surface area contributed by atoms with Gasteiger partial charge in [-0.2, -0.15) is 10.2 Å². The fourth-order valence-corrected chi connectivity index (χ4v) is 4.07. The lowest BCUT2D eigenvalue weighted by atomic mass is 10.0. The average Bonchev–Trinajstić information content (AvgIpc) is 3.34. The molecular formula is C19H19N5O2S. The average molecular weight is 381 g/mol. The van der Waals surface area contributed by atoms with E-state index >= 15 is 0 Å². The quantitative estimate of drug-likeness (QED) is 0.572. The summed E-state index contributed by atoms with van der Waals surface area (Å²) in [5.41, 5.74) is 4.85. The zero-order valence-corrected chi connectivity index (χ0v) is 16.1. The second-order valence-electron chi connectivity index (χ2n) is 6.43. The van der Waals surface area contributed by atoms with E-state index in [1.807, 2.05) is 30.1 Å². The predicted molar refractivity (Wildman–Crippen MR) is 104 cm³/mol. The van der Waals surface area contributed by atoms with E-state index in [1.54, 1.807) is 34.3 Å². The van der Waals surface area contributed by atoms with Crippen LogP contribution in [-0.4, -0.2) is 35.6 Å². The fraction of sp³-hybridized carbons (Fsp3) is 0.263. The molecule has 0 saturated carbocycles. The van der Waals surface area contributed by atoms with Crippen LogP contribution in [0.1, 0.15) is 33.5 Å². The molecule has 0 aliphatic carbocycles. The first-order valence-corrected chi connectivity index (χ1v) is 9.51. The van der Waals surface area contributed by atoms with Gasteiger partial charge in [0.05, 0.1) is 39.4 Å². The third kappa shape index (κ3) is 3.12. The summed E-state index contributed by atoms with van der Waals surface area (Å²) in [5, 5.41) is 22.1. The highest BCUT2D eigenvalue weighted by molar-refractivity contribution is 7.10. The minimum absolute atomic E-state index is 0.262. The standard InChI is InChI=1S/C19H19N5O2S/c1-4-24-17(5-11(2)22-24)15-10-27-18(21-15)8-12-6-13(19(25)26)7-16-14(12)9-20-23(16)3/h5-7,9-10H,4,8H2,1-3H3,(H,25,26). The molecule has 7 nitrogen and oxygen atoms in total. The lowest BCUT2D eigenvalue weighted by molar-refractivity contribution is 0.0697. The summed E-state index contributed by atoms with van der Waals surface area (Å²) in [6, 6.07) is 5.41. The van der Waals surface area contributed by atoms with Crippen molar-refractivity contribution in [3.05, 3.63) is 51.6 Å². The molecule has 138 valence electrons. The minimum atomic E-state index is -0.943. The van der Waals surface area contributed by atoms with Gasteiger partial charge in [0.15, 0.2) is 0 Å². The van der Waals surface area contributed by atoms with E-state index in [9.17, 15) is 9.90 Å². The summed E-state index contributed by atoms with van der Waals surface area (Å²) in [4.78, 5) is 16.3. The van der Waals surface area contributed by atoms with Crippen LogP contribution in [0.3, 0.4) is 0 Å². The lowest BCUT2D eigenvalue weighted by Gasteiger charge is -2.05. The van der Waals surface area contributed by atoms with Crippen LogP contribution in [0.5, 0.6) is 0 Å². The Kier molecular flexibility index (Phi) is 4.27. The number of aromatic nitrogens is 5. The van der Waals surface area contributed by atoms with Crippen molar-refractivity contribution in [3.8, 4) is 11.4 Å². The zero-order chi connectivity index (χ0) is 19.1. The summed E-state index contributed by atoms with van der Waals surface area (Å²) < 4.78 is 3.64. The number of aryl methyl sites for hydroxylation is 3. The van der Waals surface area contributed by atoms with E-state index in [1.165, 1.54) is 0 Å². The second-order valence-corrected chi connectivity index (χ2v) is 7.37. The van der Waals surface area contributed by atoms with Gasteiger partial charge in [-0.1, -0.05) is 0 Å². The first kappa shape index (κ1) is 17.4. The third-order valence-corrected chi connectivity index (χ3v) is 5.41. The Bertz CT molecular complexity index is 1150. The van der Waals surface area contributed by atoms with Crippen molar-refractivity contribution in [1.82, 2.24) is 24.5 Å².